The number of nitriles is 1. The normalized spacial score (nSPS) is 8.82. The first-order valence-corrected chi connectivity index (χ1v) is 3.33. The van der Waals surface area contributed by atoms with Crippen molar-refractivity contribution in [3.8, 4) is 6.19 Å². The lowest BCUT2D eigenvalue weighted by Crippen LogP contribution is -1.94. The Bertz CT molecular complexity index is 299. The fourth-order valence-electron chi connectivity index (χ4n) is 0.879. The molecule has 0 radical (unpaired) electrons. The highest BCUT2D eigenvalue weighted by molar-refractivity contribution is 5.50. The number of nitrogens with zero attached hydrogens (tertiary/aromatic N) is 2. The smallest absolute Gasteiger partial charge is 0.181 e. The van der Waals surface area contributed by atoms with Crippen molar-refractivity contribution in [2.24, 2.45) is 0 Å². The zero-order valence-electron chi connectivity index (χ0n) is 6.55. The third-order valence-corrected chi connectivity index (χ3v) is 1.42. The molecule has 1 aromatic heterocycles. The van der Waals surface area contributed by atoms with Crippen LogP contribution in [0.4, 0.5) is 5.69 Å². The van der Waals surface area contributed by atoms with Crippen LogP contribution in [0.5, 0.6) is 0 Å². The average Bonchev–Trinajstić information content (AvgIpc) is 1.95. The van der Waals surface area contributed by atoms with Crippen molar-refractivity contribution in [3.05, 3.63) is 23.5 Å². The van der Waals surface area contributed by atoms with E-state index in [9.17, 15) is 0 Å². The van der Waals surface area contributed by atoms with Gasteiger partial charge in [-0.15, -0.1) is 0 Å². The minimum atomic E-state index is 0.776. The molecule has 0 aliphatic rings. The van der Waals surface area contributed by atoms with Gasteiger partial charge in [-0.2, -0.15) is 5.26 Å². The molecule has 0 bridgehead atoms. The Morgan fingerprint density at radius 1 is 1.45 bits per heavy atom. The largest absolute Gasteiger partial charge is 0.291 e. The van der Waals surface area contributed by atoms with Crippen molar-refractivity contribution in [3.63, 3.8) is 0 Å². The molecule has 0 aliphatic heterocycles. The van der Waals surface area contributed by atoms with E-state index in [-0.39, 0.29) is 0 Å². The van der Waals surface area contributed by atoms with Gasteiger partial charge in [0.1, 0.15) is 0 Å². The number of rotatable bonds is 1. The summed E-state index contributed by atoms with van der Waals surface area (Å²) < 4.78 is 0. The number of nitrogens with one attached hydrogen (secondary N) is 1. The van der Waals surface area contributed by atoms with E-state index in [0.29, 0.717) is 0 Å². The maximum Gasteiger partial charge on any atom is 0.181 e. The second-order valence-electron chi connectivity index (χ2n) is 2.32. The van der Waals surface area contributed by atoms with E-state index in [1.54, 1.807) is 0 Å². The first-order valence-electron chi connectivity index (χ1n) is 3.33. The van der Waals surface area contributed by atoms with E-state index in [1.807, 2.05) is 32.2 Å². The Morgan fingerprint density at radius 3 is 2.73 bits per heavy atom. The molecule has 0 atom stereocenters. The summed E-state index contributed by atoms with van der Waals surface area (Å²) >= 11 is 0. The van der Waals surface area contributed by atoms with Crippen molar-refractivity contribution < 1.29 is 0 Å². The molecule has 1 aromatic rings. The second-order valence-corrected chi connectivity index (χ2v) is 2.32. The monoisotopic (exact) mass is 147 g/mol. The zero-order chi connectivity index (χ0) is 8.27. The van der Waals surface area contributed by atoms with Crippen LogP contribution in [0.2, 0.25) is 0 Å². The first kappa shape index (κ1) is 7.55. The van der Waals surface area contributed by atoms with Gasteiger partial charge in [-0.25, -0.2) is 0 Å². The quantitative estimate of drug-likeness (QED) is 0.484. The molecule has 0 aliphatic carbocycles. The molecule has 0 aromatic carbocycles. The predicted octanol–water partition coefficient (Wildman–Crippen LogP) is 1.59. The van der Waals surface area contributed by atoms with Gasteiger partial charge < -0.3 is 0 Å². The van der Waals surface area contributed by atoms with E-state index in [0.717, 1.165) is 17.1 Å². The van der Waals surface area contributed by atoms with Crippen molar-refractivity contribution in [2.75, 3.05) is 5.32 Å². The molecule has 0 spiro atoms. The SMILES string of the molecule is Cc1ccc(NC#N)c(C)n1. The fraction of sp³-hybridized carbons (Fsp3) is 0.250. The molecule has 0 saturated heterocycles. The minimum Gasteiger partial charge on any atom is -0.291 e. The van der Waals surface area contributed by atoms with Crippen molar-refractivity contribution >= 4 is 5.69 Å². The molecule has 0 saturated carbocycles. The first-order chi connectivity index (χ1) is 5.24. The molecule has 11 heavy (non-hydrogen) atoms. The molecular weight excluding hydrogens is 138 g/mol. The lowest BCUT2D eigenvalue weighted by atomic mass is 10.3. The van der Waals surface area contributed by atoms with Gasteiger partial charge in [0.2, 0.25) is 0 Å². The number of aryl methyl sites for hydroxylation is 2. The highest BCUT2D eigenvalue weighted by atomic mass is 14.9. The van der Waals surface area contributed by atoms with Crippen molar-refractivity contribution in [1.82, 2.24) is 4.98 Å². The Morgan fingerprint density at radius 2 is 2.18 bits per heavy atom. The van der Waals surface area contributed by atoms with Gasteiger partial charge in [0, 0.05) is 5.69 Å². The summed E-state index contributed by atoms with van der Waals surface area (Å²) in [5.41, 5.74) is 2.59. The van der Waals surface area contributed by atoms with Gasteiger partial charge >= 0.3 is 0 Å². The molecule has 56 valence electrons. The highest BCUT2D eigenvalue weighted by Gasteiger charge is 1.96. The number of anilines is 1. The summed E-state index contributed by atoms with van der Waals surface area (Å²) in [6.45, 7) is 3.79. The Labute approximate surface area is 65.7 Å². The molecule has 0 fully saturated rings. The lowest BCUT2D eigenvalue weighted by Gasteiger charge is -2.01. The fourth-order valence-corrected chi connectivity index (χ4v) is 0.879. The summed E-state index contributed by atoms with van der Waals surface area (Å²) in [5, 5.41) is 10.9. The summed E-state index contributed by atoms with van der Waals surface area (Å²) in [7, 11) is 0. The van der Waals surface area contributed by atoms with Crippen LogP contribution >= 0.6 is 0 Å². The Hall–Kier alpha value is -1.56. The van der Waals surface area contributed by atoms with Crippen LogP contribution in [-0.2, 0) is 0 Å². The third kappa shape index (κ3) is 1.68. The van der Waals surface area contributed by atoms with Gasteiger partial charge in [-0.3, -0.25) is 10.3 Å². The van der Waals surface area contributed by atoms with E-state index in [4.69, 9.17) is 5.26 Å². The summed E-state index contributed by atoms with van der Waals surface area (Å²) in [6.07, 6.45) is 1.85. The second kappa shape index (κ2) is 3.02. The number of hydrogen-bond acceptors (Lipinski definition) is 3. The molecule has 0 unspecified atom stereocenters. The van der Waals surface area contributed by atoms with Crippen LogP contribution in [0.3, 0.4) is 0 Å². The van der Waals surface area contributed by atoms with Crippen molar-refractivity contribution in [1.29, 1.82) is 5.26 Å². The van der Waals surface area contributed by atoms with E-state index in [2.05, 4.69) is 10.3 Å². The van der Waals surface area contributed by atoms with E-state index < -0.39 is 0 Å². The van der Waals surface area contributed by atoms with Crippen molar-refractivity contribution in [2.45, 2.75) is 13.8 Å². The maximum atomic E-state index is 8.32. The van der Waals surface area contributed by atoms with E-state index >= 15 is 0 Å². The summed E-state index contributed by atoms with van der Waals surface area (Å²) in [6, 6.07) is 3.72. The van der Waals surface area contributed by atoms with Crippen LogP contribution in [-0.4, -0.2) is 4.98 Å². The molecule has 0 amide bonds. The molecule has 1 N–H and O–H groups in total. The van der Waals surface area contributed by atoms with Crippen LogP contribution in [0.15, 0.2) is 12.1 Å². The lowest BCUT2D eigenvalue weighted by molar-refractivity contribution is 1.12. The summed E-state index contributed by atoms with van der Waals surface area (Å²) in [4.78, 5) is 4.18. The predicted molar refractivity (Wildman–Crippen MR) is 42.9 cm³/mol. The topological polar surface area (TPSA) is 48.7 Å². The van der Waals surface area contributed by atoms with Crippen LogP contribution in [0.1, 0.15) is 11.4 Å². The summed E-state index contributed by atoms with van der Waals surface area (Å²) in [5.74, 6) is 0. The minimum absolute atomic E-state index is 0.776. The third-order valence-electron chi connectivity index (χ3n) is 1.42. The number of aromatic nitrogens is 1. The molecule has 1 heterocycles. The average molecular weight is 147 g/mol. The van der Waals surface area contributed by atoms with Crippen LogP contribution < -0.4 is 5.32 Å². The van der Waals surface area contributed by atoms with Gasteiger partial charge in [0.25, 0.3) is 0 Å². The molecular formula is C8H9N3. The van der Waals surface area contributed by atoms with Gasteiger partial charge in [-0.05, 0) is 26.0 Å². The van der Waals surface area contributed by atoms with Crippen LogP contribution in [0, 0.1) is 25.3 Å². The molecule has 3 nitrogen and oxygen atoms in total. The number of pyridine rings is 1. The maximum absolute atomic E-state index is 8.32. The number of hydrogen-bond donors (Lipinski definition) is 1. The Kier molecular flexibility index (Phi) is 2.07. The van der Waals surface area contributed by atoms with Gasteiger partial charge in [0.05, 0.1) is 11.4 Å². The Balaban J connectivity index is 3.01. The van der Waals surface area contributed by atoms with Crippen LogP contribution in [0.25, 0.3) is 0 Å². The molecule has 1 rings (SSSR count). The zero-order valence-corrected chi connectivity index (χ0v) is 6.55. The molecule has 3 heteroatoms. The highest BCUT2D eigenvalue weighted by Crippen LogP contribution is 2.11. The van der Waals surface area contributed by atoms with Gasteiger partial charge in [0.15, 0.2) is 6.19 Å². The van der Waals surface area contributed by atoms with E-state index in [1.165, 1.54) is 0 Å². The van der Waals surface area contributed by atoms with Gasteiger partial charge in [-0.1, -0.05) is 0 Å². The standard InChI is InChI=1S/C8H9N3/c1-6-3-4-8(10-5-9)7(2)11-6/h3-4,10H,1-2H3.